The van der Waals surface area contributed by atoms with E-state index >= 15 is 0 Å². The van der Waals surface area contributed by atoms with Crippen molar-refractivity contribution in [2.24, 2.45) is 0 Å². The maximum atomic E-state index is 13.4. The Balaban J connectivity index is 2.06. The van der Waals surface area contributed by atoms with Crippen LogP contribution >= 0.6 is 22.9 Å². The second kappa shape index (κ2) is 4.64. The van der Waals surface area contributed by atoms with Crippen molar-refractivity contribution in [1.82, 2.24) is 4.98 Å². The maximum Gasteiger partial charge on any atom is 0.299 e. The number of nitrogens with zero attached hydrogens (tertiary/aromatic N) is 2. The predicted molar refractivity (Wildman–Crippen MR) is 73.8 cm³/mol. The van der Waals surface area contributed by atoms with Gasteiger partial charge in [-0.1, -0.05) is 11.6 Å². The molecule has 0 unspecified atom stereocenters. The van der Waals surface area contributed by atoms with Gasteiger partial charge in [-0.3, -0.25) is 14.5 Å². The Hall–Kier alpha value is -1.79. The van der Waals surface area contributed by atoms with E-state index < -0.39 is 17.5 Å². The number of ketones is 1. The lowest BCUT2D eigenvalue weighted by Crippen LogP contribution is -2.29. The van der Waals surface area contributed by atoms with Crippen molar-refractivity contribution in [1.29, 1.82) is 0 Å². The van der Waals surface area contributed by atoms with E-state index in [0.29, 0.717) is 15.7 Å². The summed E-state index contributed by atoms with van der Waals surface area (Å²) in [7, 11) is 0. The summed E-state index contributed by atoms with van der Waals surface area (Å²) in [6.07, 6.45) is 1.56. The summed E-state index contributed by atoms with van der Waals surface area (Å²) < 4.78 is 13.7. The zero-order chi connectivity index (χ0) is 14.4. The molecule has 0 spiro atoms. The van der Waals surface area contributed by atoms with Gasteiger partial charge in [0.1, 0.15) is 5.82 Å². The number of hydrogen-bond acceptors (Lipinski definition) is 4. The first kappa shape index (κ1) is 13.2. The van der Waals surface area contributed by atoms with E-state index in [2.05, 4.69) is 4.98 Å². The lowest BCUT2D eigenvalue weighted by Gasteiger charge is -2.17. The quantitative estimate of drug-likeness (QED) is 0.801. The smallest absolute Gasteiger partial charge is 0.299 e. The van der Waals surface area contributed by atoms with Crippen LogP contribution in [0.15, 0.2) is 18.3 Å². The van der Waals surface area contributed by atoms with Gasteiger partial charge in [0.05, 0.1) is 17.8 Å². The van der Waals surface area contributed by atoms with Crippen LogP contribution in [-0.4, -0.2) is 16.7 Å². The molecule has 0 saturated carbocycles. The molecular weight excluding hydrogens is 303 g/mol. The van der Waals surface area contributed by atoms with Crippen molar-refractivity contribution in [3.8, 4) is 0 Å². The average molecular weight is 311 g/mol. The highest BCUT2D eigenvalue weighted by molar-refractivity contribution is 7.15. The third kappa shape index (κ3) is 2.01. The van der Waals surface area contributed by atoms with Gasteiger partial charge in [-0.15, -0.1) is 11.3 Å². The molecule has 0 atom stereocenters. The monoisotopic (exact) mass is 310 g/mol. The molecule has 1 amide bonds. The van der Waals surface area contributed by atoms with Gasteiger partial charge in [-0.05, 0) is 24.6 Å². The van der Waals surface area contributed by atoms with Gasteiger partial charge in [-0.2, -0.15) is 0 Å². The fraction of sp³-hybridized carbons (Fsp3) is 0.154. The van der Waals surface area contributed by atoms with Crippen molar-refractivity contribution in [3.63, 3.8) is 0 Å². The third-order valence-corrected chi connectivity index (χ3v) is 4.16. The summed E-state index contributed by atoms with van der Waals surface area (Å²) in [4.78, 5) is 29.9. The van der Waals surface area contributed by atoms with Crippen molar-refractivity contribution in [2.45, 2.75) is 13.5 Å². The maximum absolute atomic E-state index is 13.4. The minimum absolute atomic E-state index is 0.114. The molecule has 3 rings (SSSR count). The molecule has 1 aromatic carbocycles. The number of amides is 1. The van der Waals surface area contributed by atoms with Crippen LogP contribution in [0, 0.1) is 12.7 Å². The van der Waals surface area contributed by atoms with Gasteiger partial charge < -0.3 is 0 Å². The largest absolute Gasteiger partial charge is 0.299 e. The number of carbonyl (C=O) groups excluding carboxylic acids is 2. The normalized spacial score (nSPS) is 14.1. The lowest BCUT2D eigenvalue weighted by molar-refractivity contribution is -0.114. The number of fused-ring (bicyclic) bond motifs is 1. The molecule has 4 nitrogen and oxygen atoms in total. The van der Waals surface area contributed by atoms with E-state index in [0.717, 1.165) is 10.9 Å². The van der Waals surface area contributed by atoms with Gasteiger partial charge in [0.25, 0.3) is 11.7 Å². The van der Waals surface area contributed by atoms with E-state index in [9.17, 15) is 14.0 Å². The number of rotatable bonds is 2. The molecule has 0 saturated heterocycles. The molecule has 0 fully saturated rings. The highest BCUT2D eigenvalue weighted by atomic mass is 35.5. The first-order valence-corrected chi connectivity index (χ1v) is 6.93. The Morgan fingerprint density at radius 3 is 2.80 bits per heavy atom. The minimum atomic E-state index is -0.682. The Morgan fingerprint density at radius 1 is 1.40 bits per heavy atom. The molecule has 1 aliphatic rings. The van der Waals surface area contributed by atoms with Crippen LogP contribution in [-0.2, 0) is 11.3 Å². The second-order valence-corrected chi connectivity index (χ2v) is 6.12. The van der Waals surface area contributed by atoms with Crippen molar-refractivity contribution in [2.75, 3.05) is 4.90 Å². The van der Waals surface area contributed by atoms with E-state index in [1.165, 1.54) is 22.3 Å². The van der Waals surface area contributed by atoms with Gasteiger partial charge in [0.15, 0.2) is 4.47 Å². The highest BCUT2D eigenvalue weighted by Crippen LogP contribution is 2.35. The van der Waals surface area contributed by atoms with Crippen LogP contribution in [0.3, 0.4) is 0 Å². The summed E-state index contributed by atoms with van der Waals surface area (Å²) in [6, 6.07) is 2.40. The Labute approximate surface area is 122 Å². The van der Waals surface area contributed by atoms with Gasteiger partial charge >= 0.3 is 0 Å². The lowest BCUT2D eigenvalue weighted by atomic mass is 10.1. The topological polar surface area (TPSA) is 50.3 Å². The molecule has 0 bridgehead atoms. The van der Waals surface area contributed by atoms with E-state index in [4.69, 9.17) is 11.6 Å². The van der Waals surface area contributed by atoms with Gasteiger partial charge in [-0.25, -0.2) is 9.37 Å². The fourth-order valence-electron chi connectivity index (χ4n) is 2.27. The Morgan fingerprint density at radius 2 is 2.15 bits per heavy atom. The second-order valence-electron chi connectivity index (χ2n) is 4.42. The summed E-state index contributed by atoms with van der Waals surface area (Å²) in [5, 5.41) is 0. The van der Waals surface area contributed by atoms with Crippen LogP contribution in [0.5, 0.6) is 0 Å². The first-order valence-electron chi connectivity index (χ1n) is 5.74. The number of thiazole rings is 1. The molecule has 20 heavy (non-hydrogen) atoms. The van der Waals surface area contributed by atoms with Gasteiger partial charge in [0, 0.05) is 11.1 Å². The van der Waals surface area contributed by atoms with Crippen LogP contribution in [0.4, 0.5) is 10.1 Å². The van der Waals surface area contributed by atoms with Crippen molar-refractivity contribution >= 4 is 40.3 Å². The number of aryl methyl sites for hydroxylation is 1. The molecular formula is C13H8ClFN2O2S. The number of anilines is 1. The minimum Gasteiger partial charge on any atom is -0.299 e. The summed E-state index contributed by atoms with van der Waals surface area (Å²) in [5.41, 5.74) is 1.13. The number of carbonyl (C=O) groups is 2. The standard InChI is InChI=1S/C13H8ClFN2O2S/c1-6-2-7(15)3-9-10(6)17(12(19)11(9)18)5-8-4-16-13(14)20-8/h2-4H,5H2,1H3. The van der Waals surface area contributed by atoms with E-state index in [-0.39, 0.29) is 12.1 Å². The van der Waals surface area contributed by atoms with Crippen LogP contribution < -0.4 is 4.90 Å². The highest BCUT2D eigenvalue weighted by Gasteiger charge is 2.37. The first-order chi connectivity index (χ1) is 9.47. The average Bonchev–Trinajstić information content (AvgIpc) is 2.88. The zero-order valence-corrected chi connectivity index (χ0v) is 11.9. The van der Waals surface area contributed by atoms with E-state index in [1.807, 2.05) is 0 Å². The van der Waals surface area contributed by atoms with Gasteiger partial charge in [0.2, 0.25) is 0 Å². The number of hydrogen-bond donors (Lipinski definition) is 0. The van der Waals surface area contributed by atoms with Crippen LogP contribution in [0.2, 0.25) is 4.47 Å². The number of benzene rings is 1. The molecule has 7 heteroatoms. The summed E-state index contributed by atoms with van der Waals surface area (Å²) in [5.74, 6) is -1.86. The summed E-state index contributed by atoms with van der Waals surface area (Å²) >= 11 is 6.99. The van der Waals surface area contributed by atoms with Crippen molar-refractivity contribution < 1.29 is 14.0 Å². The molecule has 1 aromatic heterocycles. The Bertz CT molecular complexity index is 744. The molecule has 1 aliphatic heterocycles. The van der Waals surface area contributed by atoms with Crippen LogP contribution in [0.1, 0.15) is 20.8 Å². The third-order valence-electron chi connectivity index (χ3n) is 3.06. The fourth-order valence-corrected chi connectivity index (χ4v) is 3.24. The molecule has 0 aliphatic carbocycles. The molecule has 0 N–H and O–H groups in total. The Kier molecular flexibility index (Phi) is 3.07. The number of Topliss-reactive ketones (excluding diaryl/α,β-unsaturated/α-hetero) is 1. The van der Waals surface area contributed by atoms with E-state index in [1.54, 1.807) is 13.1 Å². The molecule has 102 valence electrons. The SMILES string of the molecule is Cc1cc(F)cc2c1N(Cc1cnc(Cl)s1)C(=O)C2=O. The summed E-state index contributed by atoms with van der Waals surface area (Å²) in [6.45, 7) is 1.87. The molecule has 2 aromatic rings. The molecule has 2 heterocycles. The molecule has 0 radical (unpaired) electrons. The van der Waals surface area contributed by atoms with Crippen LogP contribution in [0.25, 0.3) is 0 Å². The zero-order valence-electron chi connectivity index (χ0n) is 10.3. The number of halogens is 2. The van der Waals surface area contributed by atoms with Crippen molar-refractivity contribution in [3.05, 3.63) is 44.6 Å². The number of aromatic nitrogens is 1. The predicted octanol–water partition coefficient (Wildman–Crippen LogP) is 2.97.